The van der Waals surface area contributed by atoms with E-state index in [1.54, 1.807) is 0 Å². The van der Waals surface area contributed by atoms with Gasteiger partial charge in [0.15, 0.2) is 17.2 Å². The lowest BCUT2D eigenvalue weighted by Gasteiger charge is -2.45. The van der Waals surface area contributed by atoms with E-state index in [0.717, 1.165) is 35.4 Å². The van der Waals surface area contributed by atoms with E-state index >= 15 is 0 Å². The smallest absolute Gasteiger partial charge is 0.349 e. The maximum absolute atomic E-state index is 11.6. The monoisotopic (exact) mass is 465 g/mol. The van der Waals surface area contributed by atoms with Crippen molar-refractivity contribution >= 4 is 40.6 Å². The minimum absolute atomic E-state index is 0.106. The van der Waals surface area contributed by atoms with Crippen LogP contribution < -0.4 is 10.1 Å². The molecule has 8 heteroatoms. The Hall–Kier alpha value is -2.25. The maximum Gasteiger partial charge on any atom is 0.349 e. The van der Waals surface area contributed by atoms with Crippen LogP contribution in [0.1, 0.15) is 56.6 Å². The number of thiophene rings is 1. The van der Waals surface area contributed by atoms with Crippen molar-refractivity contribution in [3.05, 3.63) is 34.2 Å². The number of benzene rings is 1. The van der Waals surface area contributed by atoms with Crippen molar-refractivity contribution in [2.45, 2.75) is 53.0 Å². The highest BCUT2D eigenvalue weighted by Crippen LogP contribution is 2.48. The van der Waals surface area contributed by atoms with Gasteiger partial charge in [-0.1, -0.05) is 51.4 Å². The van der Waals surface area contributed by atoms with E-state index in [0.29, 0.717) is 10.9 Å². The lowest BCUT2D eigenvalue weighted by molar-refractivity contribution is -0.139. The molecule has 1 heterocycles. The molecule has 1 aromatic heterocycles. The van der Waals surface area contributed by atoms with E-state index in [1.807, 2.05) is 24.3 Å². The molecule has 1 aliphatic carbocycles. The average molecular weight is 466 g/mol. The number of aromatic carboxylic acids is 1. The number of nitrogens with one attached hydrogen (secondary N) is 1. The summed E-state index contributed by atoms with van der Waals surface area (Å²) in [5, 5.41) is 22.1. The molecule has 1 saturated carbocycles. The minimum Gasteiger partial charge on any atom is -0.479 e. The number of hydrogen-bond donors (Lipinski definition) is 3. The molecule has 0 aliphatic heterocycles. The molecule has 1 aliphatic rings. The summed E-state index contributed by atoms with van der Waals surface area (Å²) in [6, 6.07) is 8.00. The van der Waals surface area contributed by atoms with Crippen molar-refractivity contribution in [3.8, 4) is 16.2 Å². The zero-order valence-electron chi connectivity index (χ0n) is 18.1. The first kappa shape index (κ1) is 23.4. The Balaban J connectivity index is 1.89. The van der Waals surface area contributed by atoms with Gasteiger partial charge in [-0.05, 0) is 47.8 Å². The molecule has 3 rings (SSSR count). The van der Waals surface area contributed by atoms with Crippen molar-refractivity contribution in [1.29, 1.82) is 0 Å². The second-order valence-electron chi connectivity index (χ2n) is 9.73. The molecule has 168 valence electrons. The first-order valence-corrected chi connectivity index (χ1v) is 11.3. The largest absolute Gasteiger partial charge is 0.479 e. The molecule has 0 saturated heterocycles. The van der Waals surface area contributed by atoms with Crippen LogP contribution in [-0.4, -0.2) is 34.8 Å². The molecule has 1 aromatic carbocycles. The first-order valence-electron chi connectivity index (χ1n) is 10.1. The molecular weight excluding hydrogens is 438 g/mol. The van der Waals surface area contributed by atoms with E-state index in [4.69, 9.17) is 21.4 Å². The van der Waals surface area contributed by atoms with Crippen molar-refractivity contribution in [2.24, 2.45) is 10.8 Å². The van der Waals surface area contributed by atoms with Gasteiger partial charge in [0.2, 0.25) is 0 Å². The number of anilines is 1. The highest BCUT2D eigenvalue weighted by molar-refractivity contribution is 7.18. The number of halogens is 1. The van der Waals surface area contributed by atoms with Gasteiger partial charge in [-0.25, -0.2) is 9.59 Å². The Kier molecular flexibility index (Phi) is 6.58. The molecule has 6 nitrogen and oxygen atoms in total. The number of carboxylic acid groups (broad SMARTS) is 2. The number of ether oxygens (including phenoxy) is 1. The third kappa shape index (κ3) is 5.71. The molecule has 0 radical (unpaired) electrons. The van der Waals surface area contributed by atoms with Gasteiger partial charge in [0.1, 0.15) is 5.02 Å². The molecule has 0 spiro atoms. The third-order valence-electron chi connectivity index (χ3n) is 5.39. The van der Waals surface area contributed by atoms with E-state index in [-0.39, 0.29) is 26.5 Å². The predicted molar refractivity (Wildman–Crippen MR) is 124 cm³/mol. The van der Waals surface area contributed by atoms with Crippen molar-refractivity contribution in [1.82, 2.24) is 0 Å². The fraction of sp³-hybridized carbons (Fsp3) is 0.478. The number of aliphatic carboxylic acids is 1. The zero-order chi connectivity index (χ0) is 23.0. The van der Waals surface area contributed by atoms with Crippen LogP contribution in [0.4, 0.5) is 5.69 Å². The summed E-state index contributed by atoms with van der Waals surface area (Å²) in [5.74, 6) is -2.52. The molecule has 0 atom stereocenters. The molecule has 0 bridgehead atoms. The van der Waals surface area contributed by atoms with Gasteiger partial charge in [0, 0.05) is 11.7 Å². The maximum atomic E-state index is 11.6. The number of carboxylic acids is 2. The molecule has 31 heavy (non-hydrogen) atoms. The summed E-state index contributed by atoms with van der Waals surface area (Å²) < 4.78 is 5.17. The van der Waals surface area contributed by atoms with Crippen molar-refractivity contribution < 1.29 is 24.5 Å². The van der Waals surface area contributed by atoms with Crippen LogP contribution in [-0.2, 0) is 4.79 Å². The lowest BCUT2D eigenvalue weighted by Crippen LogP contribution is -2.40. The van der Waals surface area contributed by atoms with Gasteiger partial charge in [-0.15, -0.1) is 11.3 Å². The normalized spacial score (nSPS) is 17.8. The van der Waals surface area contributed by atoms with Crippen LogP contribution in [0.25, 0.3) is 10.4 Å². The fourth-order valence-corrected chi connectivity index (χ4v) is 6.32. The van der Waals surface area contributed by atoms with Gasteiger partial charge in [-0.3, -0.25) is 0 Å². The summed E-state index contributed by atoms with van der Waals surface area (Å²) in [5.41, 5.74) is 2.19. The van der Waals surface area contributed by atoms with Crippen molar-refractivity contribution in [3.63, 3.8) is 0 Å². The summed E-state index contributed by atoms with van der Waals surface area (Å²) in [6.45, 7) is 8.55. The second-order valence-corrected chi connectivity index (χ2v) is 11.1. The SMILES string of the molecule is CC1(C)CC(Nc2cccc(-c3sc(C(=O)O)c(OCC(=O)O)c3Cl)c2)CC(C)(C)C1. The predicted octanol–water partition coefficient (Wildman–Crippen LogP) is 6.25. The van der Waals surface area contributed by atoms with Crippen LogP contribution in [0.15, 0.2) is 24.3 Å². The number of carbonyl (C=O) groups is 2. The molecule has 3 N–H and O–H groups in total. The van der Waals surface area contributed by atoms with Gasteiger partial charge in [-0.2, -0.15) is 0 Å². The van der Waals surface area contributed by atoms with Crippen LogP contribution in [0.5, 0.6) is 5.75 Å². The van der Waals surface area contributed by atoms with E-state index in [9.17, 15) is 14.7 Å². The summed E-state index contributed by atoms with van der Waals surface area (Å²) in [7, 11) is 0. The third-order valence-corrected chi connectivity index (χ3v) is 7.07. The fourth-order valence-electron chi connectivity index (χ4n) is 4.92. The second kappa shape index (κ2) is 8.71. The summed E-state index contributed by atoms with van der Waals surface area (Å²) in [6.07, 6.45) is 3.31. The quantitative estimate of drug-likeness (QED) is 0.447. The Labute approximate surface area is 191 Å². The topological polar surface area (TPSA) is 95.9 Å². The Morgan fingerprint density at radius 3 is 2.42 bits per heavy atom. The lowest BCUT2D eigenvalue weighted by atomic mass is 9.63. The summed E-state index contributed by atoms with van der Waals surface area (Å²) in [4.78, 5) is 22.9. The van der Waals surface area contributed by atoms with E-state index in [2.05, 4.69) is 33.0 Å². The first-order chi connectivity index (χ1) is 14.4. The van der Waals surface area contributed by atoms with Crippen LogP contribution in [0.3, 0.4) is 0 Å². The Morgan fingerprint density at radius 2 is 1.84 bits per heavy atom. The van der Waals surface area contributed by atoms with E-state index in [1.165, 1.54) is 6.42 Å². The molecule has 0 unspecified atom stereocenters. The van der Waals surface area contributed by atoms with Crippen LogP contribution in [0.2, 0.25) is 5.02 Å². The molecular formula is C23H28ClNO5S. The summed E-state index contributed by atoms with van der Waals surface area (Å²) >= 11 is 7.40. The standard InChI is InChI=1S/C23H28ClNO5S/c1-22(2)9-15(10-23(3,4)12-22)25-14-7-5-6-13(8-14)19-17(24)18(30-11-16(26)27)20(31-19)21(28)29/h5-8,15,25H,9-12H2,1-4H3,(H,26,27)(H,28,29). The minimum atomic E-state index is -1.21. The average Bonchev–Trinajstić information content (AvgIpc) is 2.94. The van der Waals surface area contributed by atoms with Gasteiger partial charge < -0.3 is 20.3 Å². The molecule has 0 amide bonds. The van der Waals surface area contributed by atoms with E-state index < -0.39 is 18.5 Å². The highest BCUT2D eigenvalue weighted by atomic mass is 35.5. The molecule has 2 aromatic rings. The van der Waals surface area contributed by atoms with Gasteiger partial charge in [0.25, 0.3) is 0 Å². The zero-order valence-corrected chi connectivity index (χ0v) is 19.7. The molecule has 1 fully saturated rings. The number of hydrogen-bond acceptors (Lipinski definition) is 5. The van der Waals surface area contributed by atoms with Crippen LogP contribution in [0, 0.1) is 10.8 Å². The van der Waals surface area contributed by atoms with Crippen molar-refractivity contribution in [2.75, 3.05) is 11.9 Å². The Morgan fingerprint density at radius 1 is 1.19 bits per heavy atom. The van der Waals surface area contributed by atoms with Gasteiger partial charge in [0.05, 0.1) is 4.88 Å². The van der Waals surface area contributed by atoms with Gasteiger partial charge >= 0.3 is 11.9 Å². The highest BCUT2D eigenvalue weighted by Gasteiger charge is 2.38. The number of rotatable bonds is 7. The Bertz CT molecular complexity index is 982. The van der Waals surface area contributed by atoms with Crippen LogP contribution >= 0.6 is 22.9 Å².